The van der Waals surface area contributed by atoms with Crippen molar-refractivity contribution in [3.8, 4) is 11.3 Å². The summed E-state index contributed by atoms with van der Waals surface area (Å²) in [5, 5.41) is 0. The minimum atomic E-state index is -0.247. The van der Waals surface area contributed by atoms with Gasteiger partial charge in [-0.2, -0.15) is 0 Å². The van der Waals surface area contributed by atoms with E-state index in [0.717, 1.165) is 42.9 Å². The maximum Gasteiger partial charge on any atom is 0.131 e. The van der Waals surface area contributed by atoms with E-state index >= 15 is 0 Å². The molecule has 0 spiro atoms. The Morgan fingerprint density at radius 1 is 1.21 bits per heavy atom. The SMILES string of the molecule is CCCCn1c(CC)nc(-c2ccc(F)cc2)c1N. The molecule has 0 aliphatic heterocycles. The average molecular weight is 261 g/mol. The van der Waals surface area contributed by atoms with Crippen LogP contribution in [0.5, 0.6) is 0 Å². The van der Waals surface area contributed by atoms with Gasteiger partial charge in [-0.15, -0.1) is 0 Å². The van der Waals surface area contributed by atoms with Gasteiger partial charge in [-0.1, -0.05) is 20.3 Å². The lowest BCUT2D eigenvalue weighted by molar-refractivity contribution is 0.612. The number of anilines is 1. The molecule has 1 aromatic carbocycles. The quantitative estimate of drug-likeness (QED) is 0.893. The van der Waals surface area contributed by atoms with E-state index in [4.69, 9.17) is 5.73 Å². The Hall–Kier alpha value is -1.84. The van der Waals surface area contributed by atoms with Gasteiger partial charge in [0.05, 0.1) is 0 Å². The van der Waals surface area contributed by atoms with Crippen molar-refractivity contribution >= 4 is 5.82 Å². The fraction of sp³-hybridized carbons (Fsp3) is 0.400. The zero-order valence-electron chi connectivity index (χ0n) is 11.5. The van der Waals surface area contributed by atoms with Gasteiger partial charge in [0, 0.05) is 18.5 Å². The molecule has 0 saturated heterocycles. The number of aryl methyl sites for hydroxylation is 1. The fourth-order valence-corrected chi connectivity index (χ4v) is 2.17. The van der Waals surface area contributed by atoms with Crippen molar-refractivity contribution in [2.24, 2.45) is 0 Å². The topological polar surface area (TPSA) is 43.8 Å². The molecule has 1 aromatic heterocycles. The molecule has 19 heavy (non-hydrogen) atoms. The smallest absolute Gasteiger partial charge is 0.131 e. The van der Waals surface area contributed by atoms with Crippen molar-refractivity contribution < 1.29 is 4.39 Å². The summed E-state index contributed by atoms with van der Waals surface area (Å²) in [7, 11) is 0. The number of hydrogen-bond donors (Lipinski definition) is 1. The highest BCUT2D eigenvalue weighted by molar-refractivity contribution is 5.71. The number of unbranched alkanes of at least 4 members (excludes halogenated alkanes) is 1. The van der Waals surface area contributed by atoms with Crippen LogP contribution in [-0.2, 0) is 13.0 Å². The summed E-state index contributed by atoms with van der Waals surface area (Å²) in [6.45, 7) is 5.11. The summed E-state index contributed by atoms with van der Waals surface area (Å²) in [4.78, 5) is 4.60. The number of nitrogens with two attached hydrogens (primary N) is 1. The highest BCUT2D eigenvalue weighted by atomic mass is 19.1. The summed E-state index contributed by atoms with van der Waals surface area (Å²) >= 11 is 0. The van der Waals surface area contributed by atoms with Crippen molar-refractivity contribution in [2.75, 3.05) is 5.73 Å². The molecule has 2 N–H and O–H groups in total. The highest BCUT2D eigenvalue weighted by Gasteiger charge is 2.14. The van der Waals surface area contributed by atoms with Crippen LogP contribution >= 0.6 is 0 Å². The van der Waals surface area contributed by atoms with Crippen LogP contribution in [0.2, 0.25) is 0 Å². The molecule has 0 saturated carbocycles. The van der Waals surface area contributed by atoms with Crippen LogP contribution in [0.3, 0.4) is 0 Å². The van der Waals surface area contributed by atoms with Gasteiger partial charge in [-0.25, -0.2) is 9.37 Å². The molecule has 0 fully saturated rings. The van der Waals surface area contributed by atoms with Crippen LogP contribution in [-0.4, -0.2) is 9.55 Å². The molecule has 0 aliphatic carbocycles. The molecule has 102 valence electrons. The molecular formula is C15H20FN3. The number of nitrogen functional groups attached to an aromatic ring is 1. The number of benzene rings is 1. The first-order valence-electron chi connectivity index (χ1n) is 6.78. The second-order valence-electron chi connectivity index (χ2n) is 4.63. The van der Waals surface area contributed by atoms with Crippen LogP contribution in [0.4, 0.5) is 10.2 Å². The molecule has 2 aromatic rings. The number of imidazole rings is 1. The Morgan fingerprint density at radius 2 is 1.89 bits per heavy atom. The maximum atomic E-state index is 13.0. The first-order valence-corrected chi connectivity index (χ1v) is 6.78. The Labute approximate surface area is 113 Å². The third kappa shape index (κ3) is 2.78. The molecule has 0 aliphatic rings. The molecule has 4 heteroatoms. The fourth-order valence-electron chi connectivity index (χ4n) is 2.17. The summed E-state index contributed by atoms with van der Waals surface area (Å²) < 4.78 is 15.0. The van der Waals surface area contributed by atoms with Crippen LogP contribution < -0.4 is 5.73 Å². The minimum Gasteiger partial charge on any atom is -0.383 e. The van der Waals surface area contributed by atoms with Crippen molar-refractivity contribution in [3.05, 3.63) is 35.9 Å². The van der Waals surface area contributed by atoms with Crippen LogP contribution in [0.25, 0.3) is 11.3 Å². The van der Waals surface area contributed by atoms with Gasteiger partial charge in [0.2, 0.25) is 0 Å². The number of rotatable bonds is 5. The number of halogens is 1. The third-order valence-electron chi connectivity index (χ3n) is 3.26. The molecule has 0 amide bonds. The zero-order chi connectivity index (χ0) is 13.8. The predicted molar refractivity (Wildman–Crippen MR) is 76.3 cm³/mol. The van der Waals surface area contributed by atoms with E-state index in [1.807, 2.05) is 0 Å². The predicted octanol–water partition coefficient (Wildman–Crippen LogP) is 3.63. The molecular weight excluding hydrogens is 241 g/mol. The molecule has 0 unspecified atom stereocenters. The summed E-state index contributed by atoms with van der Waals surface area (Å²) in [5.41, 5.74) is 7.82. The van der Waals surface area contributed by atoms with E-state index in [2.05, 4.69) is 23.4 Å². The number of aromatic nitrogens is 2. The monoisotopic (exact) mass is 261 g/mol. The Bertz CT molecular complexity index is 543. The molecule has 0 atom stereocenters. The first kappa shape index (κ1) is 13.6. The lowest BCUT2D eigenvalue weighted by Crippen LogP contribution is -2.06. The standard InChI is InChI=1S/C15H20FN3/c1-3-5-10-19-13(4-2)18-14(15(19)17)11-6-8-12(16)9-7-11/h6-9H,3-5,10,17H2,1-2H3. The van der Waals surface area contributed by atoms with E-state index < -0.39 is 0 Å². The Kier molecular flexibility index (Phi) is 4.20. The second kappa shape index (κ2) is 5.87. The summed E-state index contributed by atoms with van der Waals surface area (Å²) in [6.07, 6.45) is 3.04. The lowest BCUT2D eigenvalue weighted by atomic mass is 10.1. The Balaban J connectivity index is 2.41. The third-order valence-corrected chi connectivity index (χ3v) is 3.26. The van der Waals surface area contributed by atoms with E-state index in [0.29, 0.717) is 5.82 Å². The van der Waals surface area contributed by atoms with E-state index in [-0.39, 0.29) is 5.82 Å². The first-order chi connectivity index (χ1) is 9.17. The van der Waals surface area contributed by atoms with Gasteiger partial charge in [0.1, 0.15) is 23.2 Å². The normalized spacial score (nSPS) is 10.9. The van der Waals surface area contributed by atoms with Crippen molar-refractivity contribution in [2.45, 2.75) is 39.7 Å². The summed E-state index contributed by atoms with van der Waals surface area (Å²) in [5.74, 6) is 1.42. The molecule has 3 nitrogen and oxygen atoms in total. The van der Waals surface area contributed by atoms with Gasteiger partial charge in [-0.05, 0) is 30.7 Å². The van der Waals surface area contributed by atoms with E-state index in [1.54, 1.807) is 12.1 Å². The largest absolute Gasteiger partial charge is 0.383 e. The van der Waals surface area contributed by atoms with E-state index in [1.165, 1.54) is 12.1 Å². The number of nitrogens with zero attached hydrogens (tertiary/aromatic N) is 2. The van der Waals surface area contributed by atoms with Crippen molar-refractivity contribution in [1.29, 1.82) is 0 Å². The van der Waals surface area contributed by atoms with Gasteiger partial charge < -0.3 is 10.3 Å². The second-order valence-corrected chi connectivity index (χ2v) is 4.63. The molecule has 2 rings (SSSR count). The zero-order valence-corrected chi connectivity index (χ0v) is 11.5. The van der Waals surface area contributed by atoms with E-state index in [9.17, 15) is 4.39 Å². The van der Waals surface area contributed by atoms with Gasteiger partial charge >= 0.3 is 0 Å². The van der Waals surface area contributed by atoms with Gasteiger partial charge in [-0.3, -0.25) is 0 Å². The summed E-state index contributed by atoms with van der Waals surface area (Å²) in [6, 6.07) is 6.31. The van der Waals surface area contributed by atoms with Crippen LogP contribution in [0, 0.1) is 5.82 Å². The Morgan fingerprint density at radius 3 is 2.47 bits per heavy atom. The van der Waals surface area contributed by atoms with Crippen LogP contribution in [0.1, 0.15) is 32.5 Å². The van der Waals surface area contributed by atoms with Crippen LogP contribution in [0.15, 0.2) is 24.3 Å². The van der Waals surface area contributed by atoms with Crippen molar-refractivity contribution in [1.82, 2.24) is 9.55 Å². The maximum absolute atomic E-state index is 13.0. The van der Waals surface area contributed by atoms with Gasteiger partial charge in [0.15, 0.2) is 0 Å². The average Bonchev–Trinajstić information content (AvgIpc) is 2.74. The minimum absolute atomic E-state index is 0.247. The van der Waals surface area contributed by atoms with Crippen molar-refractivity contribution in [3.63, 3.8) is 0 Å². The lowest BCUT2D eigenvalue weighted by Gasteiger charge is -2.07. The molecule has 0 radical (unpaired) electrons. The highest BCUT2D eigenvalue weighted by Crippen LogP contribution is 2.27. The molecule has 0 bridgehead atoms. The number of hydrogen-bond acceptors (Lipinski definition) is 2. The van der Waals surface area contributed by atoms with Gasteiger partial charge in [0.25, 0.3) is 0 Å². The molecule has 1 heterocycles.